The van der Waals surface area contributed by atoms with E-state index in [1.807, 2.05) is 60.7 Å². The number of amidine groups is 1. The van der Waals surface area contributed by atoms with E-state index in [-0.39, 0.29) is 18.0 Å². The summed E-state index contributed by atoms with van der Waals surface area (Å²) in [5, 5.41) is 1.81. The number of hydrogen-bond acceptors (Lipinski definition) is 3. The van der Waals surface area contributed by atoms with Gasteiger partial charge in [-0.3, -0.25) is 15.0 Å². The highest BCUT2D eigenvalue weighted by molar-refractivity contribution is 6.30. The molecular weight excluding hydrogens is 398 g/mol. The molecule has 148 valence electrons. The standard InChI is InChI=1S/C24H18ClN3O2/c25-20-13-11-18(12-14-20)16-22(29)28-23(19-9-5-2-6-10-19)26-21(24(30)27-28)15-17-7-3-1-4-8-17/h1-15H,16H2,(H,27,30)/b21-15+. The van der Waals surface area contributed by atoms with E-state index in [9.17, 15) is 9.59 Å². The highest BCUT2D eigenvalue weighted by atomic mass is 35.5. The average molecular weight is 416 g/mol. The van der Waals surface area contributed by atoms with Gasteiger partial charge < -0.3 is 0 Å². The van der Waals surface area contributed by atoms with Crippen molar-refractivity contribution in [1.29, 1.82) is 0 Å². The minimum atomic E-state index is -0.442. The van der Waals surface area contributed by atoms with Gasteiger partial charge in [0.05, 0.1) is 6.42 Å². The summed E-state index contributed by atoms with van der Waals surface area (Å²) in [4.78, 5) is 30.3. The molecule has 1 aliphatic rings. The lowest BCUT2D eigenvalue weighted by Gasteiger charge is -2.29. The fourth-order valence-electron chi connectivity index (χ4n) is 3.05. The first kappa shape index (κ1) is 19.6. The molecule has 3 aromatic carbocycles. The van der Waals surface area contributed by atoms with Gasteiger partial charge in [0.2, 0.25) is 0 Å². The zero-order valence-electron chi connectivity index (χ0n) is 16.0. The largest absolute Gasteiger partial charge is 0.288 e. The summed E-state index contributed by atoms with van der Waals surface area (Å²) < 4.78 is 0. The van der Waals surface area contributed by atoms with Gasteiger partial charge in [-0.15, -0.1) is 0 Å². The topological polar surface area (TPSA) is 61.8 Å². The maximum atomic E-state index is 13.0. The predicted molar refractivity (Wildman–Crippen MR) is 118 cm³/mol. The van der Waals surface area contributed by atoms with Gasteiger partial charge in [0.1, 0.15) is 5.70 Å². The van der Waals surface area contributed by atoms with Crippen molar-refractivity contribution >= 4 is 35.3 Å². The predicted octanol–water partition coefficient (Wildman–Crippen LogP) is 4.24. The first-order valence-corrected chi connectivity index (χ1v) is 9.77. The van der Waals surface area contributed by atoms with Crippen LogP contribution in [0, 0.1) is 0 Å². The molecule has 5 nitrogen and oxygen atoms in total. The number of hydrazine groups is 1. The van der Waals surface area contributed by atoms with E-state index >= 15 is 0 Å². The second-order valence-corrected chi connectivity index (χ2v) is 7.15. The first-order chi connectivity index (χ1) is 14.6. The molecule has 0 radical (unpaired) electrons. The van der Waals surface area contributed by atoms with Gasteiger partial charge in [-0.1, -0.05) is 84.4 Å². The molecule has 0 atom stereocenters. The summed E-state index contributed by atoms with van der Waals surface area (Å²) >= 11 is 5.92. The quantitative estimate of drug-likeness (QED) is 0.648. The van der Waals surface area contributed by atoms with Crippen molar-refractivity contribution < 1.29 is 9.59 Å². The molecule has 3 aromatic rings. The van der Waals surface area contributed by atoms with Crippen molar-refractivity contribution in [1.82, 2.24) is 10.4 Å². The van der Waals surface area contributed by atoms with Crippen LogP contribution >= 0.6 is 11.6 Å². The minimum absolute atomic E-state index is 0.0982. The Morgan fingerprint density at radius 3 is 2.23 bits per heavy atom. The fraction of sp³-hybridized carbons (Fsp3) is 0.0417. The molecule has 0 aliphatic carbocycles. The van der Waals surface area contributed by atoms with Crippen LogP contribution in [0.2, 0.25) is 5.02 Å². The summed E-state index contributed by atoms with van der Waals surface area (Å²) in [5.74, 6) is -0.369. The number of nitrogens with zero attached hydrogens (tertiary/aromatic N) is 2. The normalized spacial score (nSPS) is 15.0. The summed E-state index contributed by atoms with van der Waals surface area (Å²) in [6, 6.07) is 25.8. The first-order valence-electron chi connectivity index (χ1n) is 9.39. The number of halogens is 1. The second kappa shape index (κ2) is 8.76. The minimum Gasteiger partial charge on any atom is -0.272 e. The van der Waals surface area contributed by atoms with Crippen molar-refractivity contribution in [3.63, 3.8) is 0 Å². The number of amides is 2. The summed E-state index contributed by atoms with van der Waals surface area (Å²) in [6.07, 6.45) is 1.79. The number of rotatable bonds is 4. The third-order valence-electron chi connectivity index (χ3n) is 4.54. The van der Waals surface area contributed by atoms with Crippen LogP contribution in [0.15, 0.2) is 95.6 Å². The molecule has 1 heterocycles. The van der Waals surface area contributed by atoms with E-state index < -0.39 is 5.91 Å². The van der Waals surface area contributed by atoms with Crippen molar-refractivity contribution in [3.05, 3.63) is 112 Å². The molecule has 0 unspecified atom stereocenters. The average Bonchev–Trinajstić information content (AvgIpc) is 2.78. The lowest BCUT2D eigenvalue weighted by atomic mass is 10.1. The zero-order chi connectivity index (χ0) is 20.9. The molecule has 0 fully saturated rings. The van der Waals surface area contributed by atoms with Crippen LogP contribution in [0.3, 0.4) is 0 Å². The molecule has 6 heteroatoms. The van der Waals surface area contributed by atoms with Crippen molar-refractivity contribution in [2.45, 2.75) is 6.42 Å². The Hall–Kier alpha value is -3.70. The lowest BCUT2D eigenvalue weighted by Crippen LogP contribution is -2.53. The van der Waals surface area contributed by atoms with Crippen LogP contribution in [0.4, 0.5) is 0 Å². The molecule has 2 amide bonds. The van der Waals surface area contributed by atoms with Gasteiger partial charge in [-0.05, 0) is 29.3 Å². The molecule has 30 heavy (non-hydrogen) atoms. The van der Waals surface area contributed by atoms with Crippen molar-refractivity contribution in [3.8, 4) is 0 Å². The molecule has 1 aliphatic heterocycles. The molecule has 0 saturated carbocycles. The molecule has 0 bridgehead atoms. The van der Waals surface area contributed by atoms with Gasteiger partial charge in [0, 0.05) is 10.6 Å². The molecule has 0 spiro atoms. The monoisotopic (exact) mass is 415 g/mol. The number of benzene rings is 3. The number of nitrogens with one attached hydrogen (secondary N) is 1. The molecule has 0 saturated heterocycles. The van der Waals surface area contributed by atoms with Crippen LogP contribution < -0.4 is 5.43 Å². The number of carbonyl (C=O) groups excluding carboxylic acids is 2. The molecule has 4 rings (SSSR count). The van der Waals surface area contributed by atoms with Gasteiger partial charge in [-0.2, -0.15) is 0 Å². The van der Waals surface area contributed by atoms with Gasteiger partial charge >= 0.3 is 0 Å². The summed E-state index contributed by atoms with van der Waals surface area (Å²) in [7, 11) is 0. The summed E-state index contributed by atoms with van der Waals surface area (Å²) in [5.41, 5.74) is 5.28. The Morgan fingerprint density at radius 1 is 0.933 bits per heavy atom. The van der Waals surface area contributed by atoms with Gasteiger partial charge in [0.15, 0.2) is 5.84 Å². The molecule has 0 aromatic heterocycles. The molecule has 1 N–H and O–H groups in total. The van der Waals surface area contributed by atoms with E-state index in [4.69, 9.17) is 11.6 Å². The number of aliphatic imine (C=N–C) groups is 1. The third-order valence-corrected chi connectivity index (χ3v) is 4.79. The van der Waals surface area contributed by atoms with Gasteiger partial charge in [0.25, 0.3) is 11.8 Å². The lowest BCUT2D eigenvalue weighted by molar-refractivity contribution is -0.135. The smallest absolute Gasteiger partial charge is 0.272 e. The fourth-order valence-corrected chi connectivity index (χ4v) is 3.17. The summed E-state index contributed by atoms with van der Waals surface area (Å²) in [6.45, 7) is 0. The highest BCUT2D eigenvalue weighted by Crippen LogP contribution is 2.18. The van der Waals surface area contributed by atoms with Crippen LogP contribution in [0.1, 0.15) is 16.7 Å². The Balaban J connectivity index is 1.70. The molecular formula is C24H18ClN3O2. The Bertz CT molecular complexity index is 1120. The van der Waals surface area contributed by atoms with E-state index in [2.05, 4.69) is 10.4 Å². The van der Waals surface area contributed by atoms with E-state index in [0.717, 1.165) is 16.7 Å². The Kier molecular flexibility index (Phi) is 5.72. The maximum Gasteiger partial charge on any atom is 0.288 e. The van der Waals surface area contributed by atoms with Crippen LogP contribution in [-0.4, -0.2) is 22.7 Å². The van der Waals surface area contributed by atoms with E-state index in [1.165, 1.54) is 5.01 Å². The van der Waals surface area contributed by atoms with E-state index in [1.54, 1.807) is 30.3 Å². The van der Waals surface area contributed by atoms with Crippen molar-refractivity contribution in [2.24, 2.45) is 4.99 Å². The Labute approximate surface area is 179 Å². The maximum absolute atomic E-state index is 13.0. The Morgan fingerprint density at radius 2 is 1.57 bits per heavy atom. The number of carbonyl (C=O) groups is 2. The SMILES string of the molecule is O=C1NN(C(=O)Cc2ccc(Cl)cc2)C(c2ccccc2)=N/C1=C/c1ccccc1. The third kappa shape index (κ3) is 4.47. The van der Waals surface area contributed by atoms with E-state index in [0.29, 0.717) is 10.9 Å². The van der Waals surface area contributed by atoms with Crippen LogP contribution in [0.25, 0.3) is 6.08 Å². The zero-order valence-corrected chi connectivity index (χ0v) is 16.7. The second-order valence-electron chi connectivity index (χ2n) is 6.72. The highest BCUT2D eigenvalue weighted by Gasteiger charge is 2.29. The van der Waals surface area contributed by atoms with Crippen molar-refractivity contribution in [2.75, 3.05) is 0 Å². The number of hydrogen-bond donors (Lipinski definition) is 1. The van der Waals surface area contributed by atoms with Gasteiger partial charge in [-0.25, -0.2) is 10.0 Å². The van der Waals surface area contributed by atoms with Crippen LogP contribution in [0.5, 0.6) is 0 Å². The van der Waals surface area contributed by atoms with Crippen LogP contribution in [-0.2, 0) is 16.0 Å².